The summed E-state index contributed by atoms with van der Waals surface area (Å²) in [4.78, 5) is 10.9. The Morgan fingerprint density at radius 3 is 2.50 bits per heavy atom. The van der Waals surface area contributed by atoms with Crippen LogP contribution in [-0.2, 0) is 19.4 Å². The van der Waals surface area contributed by atoms with Crippen molar-refractivity contribution in [1.82, 2.24) is 0 Å². The lowest BCUT2D eigenvalue weighted by molar-refractivity contribution is -0.153. The molecule has 0 saturated carbocycles. The van der Waals surface area contributed by atoms with Crippen LogP contribution in [-0.4, -0.2) is 39.5 Å². The number of carbonyl (C=O) groups is 1. The number of ether oxygens (including phenoxy) is 2. The fraction of sp³-hybridized carbons (Fsp3) is 0.417. The molecule has 0 aliphatic heterocycles. The van der Waals surface area contributed by atoms with E-state index in [1.54, 1.807) is 6.92 Å². The van der Waals surface area contributed by atoms with E-state index in [2.05, 4.69) is 4.74 Å². The standard InChI is InChI=1S/C12H15FO6S/c1-4-19-12(15)11(14)7-5-8(13)10(20(3,16)17)6-9(7)18-2/h5-6,11,14H,4H2,1-3H3. The highest BCUT2D eigenvalue weighted by atomic mass is 32.2. The number of hydrogen-bond donors (Lipinski definition) is 1. The number of benzene rings is 1. The van der Waals surface area contributed by atoms with Crippen LogP contribution in [0, 0.1) is 5.82 Å². The zero-order chi connectivity index (χ0) is 15.5. The number of rotatable bonds is 5. The van der Waals surface area contributed by atoms with Gasteiger partial charge >= 0.3 is 5.97 Å². The third kappa shape index (κ3) is 3.45. The van der Waals surface area contributed by atoms with Crippen LogP contribution in [0.4, 0.5) is 4.39 Å². The van der Waals surface area contributed by atoms with Crippen molar-refractivity contribution in [2.24, 2.45) is 0 Å². The summed E-state index contributed by atoms with van der Waals surface area (Å²) >= 11 is 0. The highest BCUT2D eigenvalue weighted by Gasteiger charge is 2.26. The molecule has 20 heavy (non-hydrogen) atoms. The number of hydrogen-bond acceptors (Lipinski definition) is 6. The number of sulfone groups is 1. The Labute approximate surface area is 116 Å². The quantitative estimate of drug-likeness (QED) is 0.811. The number of methoxy groups -OCH3 is 1. The van der Waals surface area contributed by atoms with Crippen molar-refractivity contribution in [3.8, 4) is 5.75 Å². The van der Waals surface area contributed by atoms with Gasteiger partial charge in [-0.1, -0.05) is 0 Å². The van der Waals surface area contributed by atoms with Gasteiger partial charge < -0.3 is 14.6 Å². The van der Waals surface area contributed by atoms with E-state index in [4.69, 9.17) is 4.74 Å². The first-order valence-electron chi connectivity index (χ1n) is 5.64. The summed E-state index contributed by atoms with van der Waals surface area (Å²) in [6, 6.07) is 1.67. The van der Waals surface area contributed by atoms with E-state index in [0.29, 0.717) is 0 Å². The smallest absolute Gasteiger partial charge is 0.339 e. The molecule has 1 aromatic carbocycles. The van der Waals surface area contributed by atoms with Crippen molar-refractivity contribution in [1.29, 1.82) is 0 Å². The molecule has 0 aliphatic rings. The summed E-state index contributed by atoms with van der Waals surface area (Å²) in [6.07, 6.45) is -0.917. The van der Waals surface area contributed by atoms with Gasteiger partial charge in [0.1, 0.15) is 16.5 Å². The van der Waals surface area contributed by atoms with E-state index in [1.165, 1.54) is 7.11 Å². The highest BCUT2D eigenvalue weighted by molar-refractivity contribution is 7.90. The third-order valence-electron chi connectivity index (χ3n) is 2.49. The second kappa shape index (κ2) is 6.19. The van der Waals surface area contributed by atoms with Crippen molar-refractivity contribution in [3.63, 3.8) is 0 Å². The zero-order valence-corrected chi connectivity index (χ0v) is 12.0. The van der Waals surface area contributed by atoms with Gasteiger partial charge in [0.2, 0.25) is 0 Å². The van der Waals surface area contributed by atoms with Crippen LogP contribution in [0.3, 0.4) is 0 Å². The van der Waals surface area contributed by atoms with E-state index in [1.807, 2.05) is 0 Å². The minimum absolute atomic E-state index is 0.0438. The number of aliphatic hydroxyl groups is 1. The molecular weight excluding hydrogens is 291 g/mol. The Balaban J connectivity index is 3.36. The molecule has 1 unspecified atom stereocenters. The van der Waals surface area contributed by atoms with Crippen LogP contribution in [0.25, 0.3) is 0 Å². The number of esters is 1. The van der Waals surface area contributed by atoms with Gasteiger partial charge in [-0.15, -0.1) is 0 Å². The largest absolute Gasteiger partial charge is 0.496 e. The number of aliphatic hydroxyl groups excluding tert-OH is 1. The molecule has 0 bridgehead atoms. The Kier molecular flexibility index (Phi) is 5.07. The third-order valence-corrected chi connectivity index (χ3v) is 3.60. The molecule has 0 radical (unpaired) electrons. The van der Waals surface area contributed by atoms with Crippen molar-refractivity contribution in [2.45, 2.75) is 17.9 Å². The lowest BCUT2D eigenvalue weighted by atomic mass is 10.1. The summed E-state index contributed by atoms with van der Waals surface area (Å²) < 4.78 is 46.0. The van der Waals surface area contributed by atoms with E-state index in [-0.39, 0.29) is 17.9 Å². The molecule has 1 rings (SSSR count). The maximum atomic E-state index is 13.8. The van der Waals surface area contributed by atoms with Gasteiger partial charge in [0.05, 0.1) is 13.7 Å². The molecule has 0 aliphatic carbocycles. The molecule has 0 spiro atoms. The summed E-state index contributed by atoms with van der Waals surface area (Å²) in [5.74, 6) is -2.17. The normalized spacial score (nSPS) is 12.8. The molecule has 8 heteroatoms. The van der Waals surface area contributed by atoms with Crippen molar-refractivity contribution < 1.29 is 32.2 Å². The van der Waals surface area contributed by atoms with E-state index < -0.39 is 32.6 Å². The second-order valence-corrected chi connectivity index (χ2v) is 5.94. The number of halogens is 1. The molecule has 0 heterocycles. The summed E-state index contributed by atoms with van der Waals surface area (Å²) in [6.45, 7) is 1.59. The van der Waals surface area contributed by atoms with Crippen LogP contribution in [0.1, 0.15) is 18.6 Å². The SMILES string of the molecule is CCOC(=O)C(O)c1cc(F)c(S(C)(=O)=O)cc1OC. The van der Waals surface area contributed by atoms with Crippen LogP contribution < -0.4 is 4.74 Å². The van der Waals surface area contributed by atoms with Crippen LogP contribution in [0.2, 0.25) is 0 Å². The van der Waals surface area contributed by atoms with Crippen LogP contribution >= 0.6 is 0 Å². The molecule has 1 aromatic rings. The van der Waals surface area contributed by atoms with Gasteiger partial charge in [-0.05, 0) is 13.0 Å². The molecule has 0 amide bonds. The maximum Gasteiger partial charge on any atom is 0.339 e. The first-order chi connectivity index (χ1) is 9.22. The van der Waals surface area contributed by atoms with Crippen molar-refractivity contribution in [2.75, 3.05) is 20.0 Å². The molecule has 1 atom stereocenters. The van der Waals surface area contributed by atoms with Crippen LogP contribution in [0.5, 0.6) is 5.75 Å². The summed E-state index contributed by atoms with van der Waals surface area (Å²) in [7, 11) is -2.58. The Hall–Kier alpha value is -1.67. The average molecular weight is 306 g/mol. The van der Waals surface area contributed by atoms with Gasteiger partial charge in [0, 0.05) is 17.9 Å². The van der Waals surface area contributed by atoms with Crippen molar-refractivity contribution >= 4 is 15.8 Å². The predicted molar refractivity (Wildman–Crippen MR) is 67.7 cm³/mol. The molecule has 0 aromatic heterocycles. The predicted octanol–water partition coefficient (Wildman–Crippen LogP) is 0.834. The van der Waals surface area contributed by atoms with Gasteiger partial charge in [-0.25, -0.2) is 17.6 Å². The lowest BCUT2D eigenvalue weighted by Crippen LogP contribution is -2.17. The van der Waals surface area contributed by atoms with Gasteiger partial charge in [-0.2, -0.15) is 0 Å². The first kappa shape index (κ1) is 16.4. The maximum absolute atomic E-state index is 13.8. The van der Waals surface area contributed by atoms with Gasteiger partial charge in [0.15, 0.2) is 15.9 Å². The minimum Gasteiger partial charge on any atom is -0.496 e. The van der Waals surface area contributed by atoms with E-state index in [0.717, 1.165) is 18.4 Å². The second-order valence-electron chi connectivity index (χ2n) is 3.95. The molecule has 6 nitrogen and oxygen atoms in total. The molecule has 0 fully saturated rings. The molecular formula is C12H15FO6S. The fourth-order valence-electron chi connectivity index (χ4n) is 1.57. The topological polar surface area (TPSA) is 89.9 Å². The lowest BCUT2D eigenvalue weighted by Gasteiger charge is -2.15. The minimum atomic E-state index is -3.79. The fourth-order valence-corrected chi connectivity index (χ4v) is 2.31. The number of carbonyl (C=O) groups excluding carboxylic acids is 1. The monoisotopic (exact) mass is 306 g/mol. The Bertz CT molecular complexity index is 611. The van der Waals surface area contributed by atoms with E-state index >= 15 is 0 Å². The zero-order valence-electron chi connectivity index (χ0n) is 11.2. The molecule has 0 saturated heterocycles. The van der Waals surface area contributed by atoms with Gasteiger partial charge in [0.25, 0.3) is 0 Å². The average Bonchev–Trinajstić information content (AvgIpc) is 2.36. The van der Waals surface area contributed by atoms with Crippen LogP contribution in [0.15, 0.2) is 17.0 Å². The first-order valence-corrected chi connectivity index (χ1v) is 7.53. The van der Waals surface area contributed by atoms with E-state index in [9.17, 15) is 22.7 Å². The Morgan fingerprint density at radius 2 is 2.05 bits per heavy atom. The highest BCUT2D eigenvalue weighted by Crippen LogP contribution is 2.31. The summed E-state index contributed by atoms with van der Waals surface area (Å²) in [5, 5.41) is 9.78. The summed E-state index contributed by atoms with van der Waals surface area (Å²) in [5.41, 5.74) is -0.198. The molecule has 1 N–H and O–H groups in total. The molecule has 112 valence electrons. The van der Waals surface area contributed by atoms with Crippen molar-refractivity contribution in [3.05, 3.63) is 23.5 Å². The Morgan fingerprint density at radius 1 is 1.45 bits per heavy atom. The van der Waals surface area contributed by atoms with Gasteiger partial charge in [-0.3, -0.25) is 0 Å².